The zero-order chi connectivity index (χ0) is 12.4. The molecule has 0 bridgehead atoms. The molecule has 2 heterocycles. The van der Waals surface area contributed by atoms with Crippen molar-refractivity contribution >= 4 is 5.69 Å². The summed E-state index contributed by atoms with van der Waals surface area (Å²) in [4.78, 5) is 11.3. The molecule has 0 amide bonds. The van der Waals surface area contributed by atoms with Gasteiger partial charge in [0.25, 0.3) is 0 Å². The highest BCUT2D eigenvalue weighted by Crippen LogP contribution is 2.27. The standard InChI is InChI=1S/C13H22N4/c1-9(2)13-12(8-15-10(3)16-13)17-6-4-11(14)5-7-17/h8-9,11H,4-7,14H2,1-3H3. The van der Waals surface area contributed by atoms with Gasteiger partial charge in [-0.2, -0.15) is 0 Å². The van der Waals surface area contributed by atoms with Gasteiger partial charge < -0.3 is 10.6 Å². The molecule has 4 nitrogen and oxygen atoms in total. The van der Waals surface area contributed by atoms with Gasteiger partial charge in [-0.1, -0.05) is 13.8 Å². The van der Waals surface area contributed by atoms with Crippen LogP contribution in [-0.2, 0) is 0 Å². The van der Waals surface area contributed by atoms with E-state index in [0.29, 0.717) is 12.0 Å². The normalized spacial score (nSPS) is 17.8. The maximum atomic E-state index is 5.94. The number of nitrogens with zero attached hydrogens (tertiary/aromatic N) is 3. The molecule has 0 aromatic carbocycles. The lowest BCUT2D eigenvalue weighted by atomic mass is 10.0. The lowest BCUT2D eigenvalue weighted by Gasteiger charge is -2.33. The van der Waals surface area contributed by atoms with Crippen LogP contribution in [-0.4, -0.2) is 29.1 Å². The smallest absolute Gasteiger partial charge is 0.125 e. The molecule has 2 rings (SSSR count). The van der Waals surface area contributed by atoms with Gasteiger partial charge in [0.2, 0.25) is 0 Å². The molecule has 4 heteroatoms. The third-order valence-electron chi connectivity index (χ3n) is 3.35. The second-order valence-electron chi connectivity index (χ2n) is 5.17. The van der Waals surface area contributed by atoms with E-state index in [1.807, 2.05) is 13.1 Å². The Hall–Kier alpha value is -1.16. The average Bonchev–Trinajstić information content (AvgIpc) is 2.30. The molecule has 1 fully saturated rings. The molecule has 0 saturated carbocycles. The topological polar surface area (TPSA) is 55.0 Å². The van der Waals surface area contributed by atoms with E-state index in [1.54, 1.807) is 0 Å². The maximum absolute atomic E-state index is 5.94. The van der Waals surface area contributed by atoms with Crippen LogP contribution in [0.5, 0.6) is 0 Å². The van der Waals surface area contributed by atoms with E-state index in [2.05, 4.69) is 28.7 Å². The zero-order valence-electron chi connectivity index (χ0n) is 11.0. The van der Waals surface area contributed by atoms with E-state index < -0.39 is 0 Å². The molecule has 0 spiro atoms. The average molecular weight is 234 g/mol. The Bertz CT molecular complexity index is 381. The Morgan fingerprint density at radius 2 is 2.00 bits per heavy atom. The highest BCUT2D eigenvalue weighted by atomic mass is 15.2. The Kier molecular flexibility index (Phi) is 3.62. The van der Waals surface area contributed by atoms with E-state index in [-0.39, 0.29) is 0 Å². The van der Waals surface area contributed by atoms with Crippen LogP contribution in [0.2, 0.25) is 0 Å². The van der Waals surface area contributed by atoms with Crippen LogP contribution in [0.3, 0.4) is 0 Å². The number of hydrogen-bond acceptors (Lipinski definition) is 4. The molecule has 0 radical (unpaired) electrons. The van der Waals surface area contributed by atoms with Crippen molar-refractivity contribution < 1.29 is 0 Å². The highest BCUT2D eigenvalue weighted by molar-refractivity contribution is 5.50. The van der Waals surface area contributed by atoms with E-state index in [9.17, 15) is 0 Å². The van der Waals surface area contributed by atoms with E-state index in [4.69, 9.17) is 5.73 Å². The summed E-state index contributed by atoms with van der Waals surface area (Å²) in [6.45, 7) is 8.35. The van der Waals surface area contributed by atoms with Crippen LogP contribution in [0.4, 0.5) is 5.69 Å². The van der Waals surface area contributed by atoms with Gasteiger partial charge in [-0.05, 0) is 25.7 Å². The fourth-order valence-electron chi connectivity index (χ4n) is 2.29. The molecule has 1 aliphatic heterocycles. The minimum atomic E-state index is 0.361. The molecular weight excluding hydrogens is 212 g/mol. The summed E-state index contributed by atoms with van der Waals surface area (Å²) in [5, 5.41) is 0. The van der Waals surface area contributed by atoms with Crippen LogP contribution < -0.4 is 10.6 Å². The third-order valence-corrected chi connectivity index (χ3v) is 3.35. The number of rotatable bonds is 2. The summed E-state index contributed by atoms with van der Waals surface area (Å²) >= 11 is 0. The van der Waals surface area contributed by atoms with Crippen molar-refractivity contribution in [2.45, 2.75) is 45.6 Å². The Balaban J connectivity index is 2.25. The summed E-state index contributed by atoms with van der Waals surface area (Å²) in [5.74, 6) is 1.29. The van der Waals surface area contributed by atoms with Gasteiger partial charge in [-0.3, -0.25) is 0 Å². The maximum Gasteiger partial charge on any atom is 0.125 e. The van der Waals surface area contributed by atoms with Crippen LogP contribution in [0, 0.1) is 6.92 Å². The van der Waals surface area contributed by atoms with E-state index in [1.165, 1.54) is 5.69 Å². The van der Waals surface area contributed by atoms with Crippen LogP contribution >= 0.6 is 0 Å². The van der Waals surface area contributed by atoms with Gasteiger partial charge in [0.05, 0.1) is 17.6 Å². The lowest BCUT2D eigenvalue weighted by molar-refractivity contribution is 0.498. The number of nitrogens with two attached hydrogens (primary N) is 1. The minimum absolute atomic E-state index is 0.361. The van der Waals surface area contributed by atoms with Gasteiger partial charge in [0.1, 0.15) is 5.82 Å². The summed E-state index contributed by atoms with van der Waals surface area (Å²) < 4.78 is 0. The first-order valence-electron chi connectivity index (χ1n) is 6.42. The highest BCUT2D eigenvalue weighted by Gasteiger charge is 2.20. The number of aromatic nitrogens is 2. The van der Waals surface area contributed by atoms with E-state index >= 15 is 0 Å². The van der Waals surface area contributed by atoms with Crippen molar-refractivity contribution in [3.05, 3.63) is 17.7 Å². The van der Waals surface area contributed by atoms with Crippen LogP contribution in [0.15, 0.2) is 6.20 Å². The number of aryl methyl sites for hydroxylation is 1. The van der Waals surface area contributed by atoms with Gasteiger partial charge in [-0.15, -0.1) is 0 Å². The summed E-state index contributed by atoms with van der Waals surface area (Å²) in [7, 11) is 0. The van der Waals surface area contributed by atoms with Crippen molar-refractivity contribution in [1.82, 2.24) is 9.97 Å². The Morgan fingerprint density at radius 3 is 2.59 bits per heavy atom. The van der Waals surface area contributed by atoms with Gasteiger partial charge in [0, 0.05) is 19.1 Å². The lowest BCUT2D eigenvalue weighted by Crippen LogP contribution is -2.40. The molecule has 1 aliphatic rings. The van der Waals surface area contributed by atoms with Gasteiger partial charge in [0.15, 0.2) is 0 Å². The summed E-state index contributed by atoms with van der Waals surface area (Å²) in [6.07, 6.45) is 4.09. The monoisotopic (exact) mass is 234 g/mol. The van der Waals surface area contributed by atoms with Crippen molar-refractivity contribution in [2.75, 3.05) is 18.0 Å². The van der Waals surface area contributed by atoms with Crippen molar-refractivity contribution in [3.8, 4) is 0 Å². The number of hydrogen-bond donors (Lipinski definition) is 1. The molecule has 1 saturated heterocycles. The molecule has 2 N–H and O–H groups in total. The first-order chi connectivity index (χ1) is 8.08. The number of anilines is 1. The molecule has 0 aliphatic carbocycles. The van der Waals surface area contributed by atoms with Gasteiger partial charge in [-0.25, -0.2) is 9.97 Å². The first kappa shape index (κ1) is 12.3. The fourth-order valence-corrected chi connectivity index (χ4v) is 2.29. The second-order valence-corrected chi connectivity index (χ2v) is 5.17. The predicted molar refractivity (Wildman–Crippen MR) is 70.3 cm³/mol. The third kappa shape index (κ3) is 2.75. The largest absolute Gasteiger partial charge is 0.369 e. The van der Waals surface area contributed by atoms with Gasteiger partial charge >= 0.3 is 0 Å². The van der Waals surface area contributed by atoms with Crippen LogP contribution in [0.1, 0.15) is 44.1 Å². The fraction of sp³-hybridized carbons (Fsp3) is 0.692. The zero-order valence-corrected chi connectivity index (χ0v) is 11.0. The molecule has 94 valence electrons. The molecule has 0 atom stereocenters. The van der Waals surface area contributed by atoms with Crippen molar-refractivity contribution in [1.29, 1.82) is 0 Å². The van der Waals surface area contributed by atoms with Crippen molar-refractivity contribution in [2.24, 2.45) is 5.73 Å². The Labute approximate surface area is 103 Å². The minimum Gasteiger partial charge on any atom is -0.369 e. The predicted octanol–water partition coefficient (Wildman–Crippen LogP) is 1.84. The molecule has 1 aromatic rings. The Morgan fingerprint density at radius 1 is 1.35 bits per heavy atom. The summed E-state index contributed by atoms with van der Waals surface area (Å²) in [5.41, 5.74) is 8.29. The van der Waals surface area contributed by atoms with Crippen molar-refractivity contribution in [3.63, 3.8) is 0 Å². The van der Waals surface area contributed by atoms with Crippen LogP contribution in [0.25, 0.3) is 0 Å². The second kappa shape index (κ2) is 5.00. The quantitative estimate of drug-likeness (QED) is 0.848. The number of piperidine rings is 1. The first-order valence-corrected chi connectivity index (χ1v) is 6.42. The SMILES string of the molecule is Cc1ncc(N2CCC(N)CC2)c(C(C)C)n1. The molecule has 1 aromatic heterocycles. The molecule has 17 heavy (non-hydrogen) atoms. The van der Waals surface area contributed by atoms with E-state index in [0.717, 1.165) is 37.4 Å². The summed E-state index contributed by atoms with van der Waals surface area (Å²) in [6, 6.07) is 0.361. The molecule has 0 unspecified atom stereocenters. The molecular formula is C13H22N4.